The van der Waals surface area contributed by atoms with Gasteiger partial charge in [-0.15, -0.1) is 5.10 Å². The van der Waals surface area contributed by atoms with Crippen LogP contribution in [0.3, 0.4) is 0 Å². The highest BCUT2D eigenvalue weighted by molar-refractivity contribution is 5.93. The summed E-state index contributed by atoms with van der Waals surface area (Å²) in [5.74, 6) is -2.28. The minimum atomic E-state index is -1.20. The van der Waals surface area contributed by atoms with E-state index in [0.717, 1.165) is 0 Å². The van der Waals surface area contributed by atoms with Crippen LogP contribution in [-0.4, -0.2) is 37.1 Å². The molecule has 2 N–H and O–H groups in total. The summed E-state index contributed by atoms with van der Waals surface area (Å²) in [7, 11) is 0. The molecule has 0 aliphatic carbocycles. The van der Waals surface area contributed by atoms with Gasteiger partial charge in [0.2, 0.25) is 0 Å². The van der Waals surface area contributed by atoms with Gasteiger partial charge in [-0.25, -0.2) is 14.3 Å². The van der Waals surface area contributed by atoms with E-state index in [9.17, 15) is 14.7 Å². The third-order valence-electron chi connectivity index (χ3n) is 3.26. The maximum atomic E-state index is 11.4. The van der Waals surface area contributed by atoms with E-state index in [1.165, 1.54) is 16.8 Å². The number of carboxylic acid groups (broad SMARTS) is 2. The van der Waals surface area contributed by atoms with Gasteiger partial charge in [0.25, 0.3) is 0 Å². The molecule has 0 bridgehead atoms. The number of carbonyl (C=O) groups is 2. The van der Waals surface area contributed by atoms with Crippen LogP contribution in [0.1, 0.15) is 20.8 Å². The van der Waals surface area contributed by atoms with E-state index in [-0.39, 0.29) is 11.3 Å². The molecule has 2 aromatic carbocycles. The van der Waals surface area contributed by atoms with Gasteiger partial charge in [-0.3, -0.25) is 0 Å². The average molecular weight is 309 g/mol. The highest BCUT2D eigenvalue weighted by atomic mass is 16.4. The van der Waals surface area contributed by atoms with Crippen molar-refractivity contribution in [2.45, 2.75) is 0 Å². The molecule has 114 valence electrons. The summed E-state index contributed by atoms with van der Waals surface area (Å²) in [5.41, 5.74) is 1.21. The smallest absolute Gasteiger partial charge is 0.358 e. The van der Waals surface area contributed by atoms with Gasteiger partial charge in [0.15, 0.2) is 5.69 Å². The number of hydrogen-bond donors (Lipinski definition) is 2. The molecule has 1 aromatic heterocycles. The van der Waals surface area contributed by atoms with Crippen molar-refractivity contribution in [3.05, 3.63) is 65.9 Å². The number of aromatic nitrogens is 3. The highest BCUT2D eigenvalue weighted by Gasteiger charge is 2.21. The maximum absolute atomic E-state index is 11.4. The lowest BCUT2D eigenvalue weighted by molar-refractivity contribution is 0.0683. The van der Waals surface area contributed by atoms with Crippen LogP contribution in [0.25, 0.3) is 16.9 Å². The van der Waals surface area contributed by atoms with Crippen molar-refractivity contribution < 1.29 is 19.8 Å². The zero-order valence-corrected chi connectivity index (χ0v) is 11.7. The molecule has 0 saturated carbocycles. The minimum absolute atomic E-state index is 0.0777. The van der Waals surface area contributed by atoms with E-state index in [2.05, 4.69) is 10.3 Å². The Labute approximate surface area is 130 Å². The Bertz CT molecular complexity index is 887. The Hall–Kier alpha value is -3.48. The monoisotopic (exact) mass is 309 g/mol. The van der Waals surface area contributed by atoms with E-state index >= 15 is 0 Å². The largest absolute Gasteiger partial charge is 0.478 e. The van der Waals surface area contributed by atoms with Gasteiger partial charge in [0, 0.05) is 5.56 Å². The summed E-state index contributed by atoms with van der Waals surface area (Å²) >= 11 is 0. The van der Waals surface area contributed by atoms with Crippen LogP contribution in [0.2, 0.25) is 0 Å². The summed E-state index contributed by atoms with van der Waals surface area (Å²) in [6, 6.07) is 14.9. The Morgan fingerprint density at radius 3 is 2.30 bits per heavy atom. The fraction of sp³-hybridized carbons (Fsp3) is 0. The lowest BCUT2D eigenvalue weighted by Gasteiger charge is -2.08. The number of aromatic carboxylic acids is 2. The molecule has 0 amide bonds. The van der Waals surface area contributed by atoms with Gasteiger partial charge in [0.1, 0.15) is 5.69 Å². The molecule has 23 heavy (non-hydrogen) atoms. The second kappa shape index (κ2) is 5.72. The van der Waals surface area contributed by atoms with Crippen molar-refractivity contribution in [2.24, 2.45) is 0 Å². The lowest BCUT2D eigenvalue weighted by Crippen LogP contribution is -2.04. The number of carboxylic acids is 2. The van der Waals surface area contributed by atoms with Crippen molar-refractivity contribution in [2.75, 3.05) is 0 Å². The fourth-order valence-corrected chi connectivity index (χ4v) is 2.23. The van der Waals surface area contributed by atoms with Gasteiger partial charge in [-0.1, -0.05) is 41.6 Å². The van der Waals surface area contributed by atoms with Crippen molar-refractivity contribution in [3.63, 3.8) is 0 Å². The maximum Gasteiger partial charge on any atom is 0.358 e. The topological polar surface area (TPSA) is 105 Å². The first-order valence-electron chi connectivity index (χ1n) is 6.66. The summed E-state index contributed by atoms with van der Waals surface area (Å²) in [5, 5.41) is 26.0. The van der Waals surface area contributed by atoms with Crippen molar-refractivity contribution >= 4 is 11.9 Å². The van der Waals surface area contributed by atoms with Crippen LogP contribution in [0.5, 0.6) is 0 Å². The summed E-state index contributed by atoms with van der Waals surface area (Å²) in [6.45, 7) is 0. The molecule has 0 radical (unpaired) electrons. The minimum Gasteiger partial charge on any atom is -0.478 e. The third-order valence-corrected chi connectivity index (χ3v) is 3.26. The van der Waals surface area contributed by atoms with Crippen molar-refractivity contribution in [1.82, 2.24) is 15.0 Å². The van der Waals surface area contributed by atoms with Gasteiger partial charge in [-0.2, -0.15) is 0 Å². The summed E-state index contributed by atoms with van der Waals surface area (Å²) in [4.78, 5) is 22.5. The van der Waals surface area contributed by atoms with Crippen molar-refractivity contribution in [3.8, 4) is 16.9 Å². The number of rotatable bonds is 4. The molecule has 1 heterocycles. The van der Waals surface area contributed by atoms with Gasteiger partial charge in [0.05, 0.1) is 11.3 Å². The molecule has 0 aliphatic heterocycles. The van der Waals surface area contributed by atoms with Crippen molar-refractivity contribution in [1.29, 1.82) is 0 Å². The predicted molar refractivity (Wildman–Crippen MR) is 80.7 cm³/mol. The number of nitrogens with zero attached hydrogens (tertiary/aromatic N) is 3. The van der Waals surface area contributed by atoms with Crippen LogP contribution >= 0.6 is 0 Å². The van der Waals surface area contributed by atoms with Gasteiger partial charge >= 0.3 is 11.9 Å². The van der Waals surface area contributed by atoms with Gasteiger partial charge < -0.3 is 10.2 Å². The first kappa shape index (κ1) is 14.5. The quantitative estimate of drug-likeness (QED) is 0.766. The lowest BCUT2D eigenvalue weighted by atomic mass is 10.1. The molecule has 0 spiro atoms. The molecule has 0 aliphatic rings. The molecular weight excluding hydrogens is 298 g/mol. The summed E-state index contributed by atoms with van der Waals surface area (Å²) < 4.78 is 1.32. The normalized spacial score (nSPS) is 10.4. The first-order chi connectivity index (χ1) is 11.1. The van der Waals surface area contributed by atoms with E-state index in [1.807, 2.05) is 6.07 Å². The third kappa shape index (κ3) is 2.67. The standard InChI is InChI=1S/C16H11N3O4/c20-15(21)11-7-4-8-12(9-11)19-14(10-5-2-1-3-6-10)13(16(22)23)17-18-19/h1-9H,(H,20,21)(H,22,23). The predicted octanol–water partition coefficient (Wildman–Crippen LogP) is 2.33. The van der Waals surface area contributed by atoms with Gasteiger partial charge in [-0.05, 0) is 18.2 Å². The van der Waals surface area contributed by atoms with Crippen LogP contribution < -0.4 is 0 Å². The summed E-state index contributed by atoms with van der Waals surface area (Å²) in [6.07, 6.45) is 0. The molecule has 0 saturated heterocycles. The molecule has 0 atom stereocenters. The number of benzene rings is 2. The number of hydrogen-bond acceptors (Lipinski definition) is 4. The second-order valence-corrected chi connectivity index (χ2v) is 4.73. The van der Waals surface area contributed by atoms with E-state index in [1.54, 1.807) is 36.4 Å². The molecule has 7 heteroatoms. The Morgan fingerprint density at radius 1 is 0.913 bits per heavy atom. The van der Waals surface area contributed by atoms with Crippen LogP contribution in [-0.2, 0) is 0 Å². The van der Waals surface area contributed by atoms with Crippen LogP contribution in [0, 0.1) is 0 Å². The fourth-order valence-electron chi connectivity index (χ4n) is 2.23. The Morgan fingerprint density at radius 2 is 1.65 bits per heavy atom. The second-order valence-electron chi connectivity index (χ2n) is 4.73. The molecule has 0 fully saturated rings. The van der Waals surface area contributed by atoms with E-state index < -0.39 is 11.9 Å². The molecule has 3 aromatic rings. The SMILES string of the molecule is O=C(O)c1cccc(-n2nnc(C(=O)O)c2-c2ccccc2)c1. The zero-order valence-electron chi connectivity index (χ0n) is 11.7. The molecular formula is C16H11N3O4. The first-order valence-corrected chi connectivity index (χ1v) is 6.66. The molecule has 3 rings (SSSR count). The highest BCUT2D eigenvalue weighted by Crippen LogP contribution is 2.25. The zero-order chi connectivity index (χ0) is 16.4. The van der Waals surface area contributed by atoms with E-state index in [0.29, 0.717) is 16.9 Å². The molecule has 7 nitrogen and oxygen atoms in total. The van der Waals surface area contributed by atoms with E-state index in [4.69, 9.17) is 5.11 Å². The Kier molecular flexibility index (Phi) is 3.60. The van der Waals surface area contributed by atoms with Crippen LogP contribution in [0.15, 0.2) is 54.6 Å². The molecule has 0 unspecified atom stereocenters. The Balaban J connectivity index is 2.23. The average Bonchev–Trinajstić information content (AvgIpc) is 3.01. The van der Waals surface area contributed by atoms with Crippen LogP contribution in [0.4, 0.5) is 0 Å².